The van der Waals surface area contributed by atoms with E-state index >= 15 is 0 Å². The van der Waals surface area contributed by atoms with Crippen molar-refractivity contribution in [2.24, 2.45) is 0 Å². The van der Waals surface area contributed by atoms with Gasteiger partial charge in [-0.2, -0.15) is 0 Å². The average molecular weight is 216 g/mol. The smallest absolute Gasteiger partial charge is 0.0612 e. The first kappa shape index (κ1) is 10.0. The fourth-order valence-corrected chi connectivity index (χ4v) is 3.31. The van der Waals surface area contributed by atoms with E-state index in [-0.39, 0.29) is 0 Å². The largest absolute Gasteiger partial charge is 0.376 e. The minimum Gasteiger partial charge on any atom is -0.376 e. The van der Waals surface area contributed by atoms with Gasteiger partial charge >= 0.3 is 0 Å². The molecule has 1 aromatic rings. The van der Waals surface area contributed by atoms with E-state index in [9.17, 15) is 0 Å². The summed E-state index contributed by atoms with van der Waals surface area (Å²) < 4.78 is 0. The number of fused-ring (bicyclic) bond motifs is 1. The molecule has 2 nitrogen and oxygen atoms in total. The molecule has 2 heteroatoms. The summed E-state index contributed by atoms with van der Waals surface area (Å²) in [5.41, 5.74) is 4.44. The van der Waals surface area contributed by atoms with Crippen molar-refractivity contribution in [2.75, 3.05) is 23.8 Å². The molecular formula is C14H20N2. The number of aryl methyl sites for hydroxylation is 1. The lowest BCUT2D eigenvalue weighted by molar-refractivity contribution is 0.472. The molecule has 0 aromatic heterocycles. The fourth-order valence-electron chi connectivity index (χ4n) is 3.31. The van der Waals surface area contributed by atoms with Gasteiger partial charge in [0.2, 0.25) is 0 Å². The molecular weight excluding hydrogens is 196 g/mol. The summed E-state index contributed by atoms with van der Waals surface area (Å²) in [6.07, 6.45) is 5.40. The summed E-state index contributed by atoms with van der Waals surface area (Å²) in [6.45, 7) is 3.36. The molecule has 0 bridgehead atoms. The minimum absolute atomic E-state index is 0.355. The molecule has 1 aromatic carbocycles. The van der Waals surface area contributed by atoms with Gasteiger partial charge in [0.1, 0.15) is 0 Å². The van der Waals surface area contributed by atoms with E-state index in [4.69, 9.17) is 0 Å². The van der Waals surface area contributed by atoms with Gasteiger partial charge < -0.3 is 10.2 Å². The molecule has 2 aliphatic rings. The molecule has 3 rings (SSSR count). The van der Waals surface area contributed by atoms with Crippen LogP contribution in [0.3, 0.4) is 0 Å². The van der Waals surface area contributed by atoms with Crippen LogP contribution in [0.4, 0.5) is 11.4 Å². The number of benzene rings is 1. The molecule has 1 N–H and O–H groups in total. The van der Waals surface area contributed by atoms with E-state index in [2.05, 4.69) is 42.4 Å². The third-order valence-corrected chi connectivity index (χ3v) is 4.15. The van der Waals surface area contributed by atoms with Gasteiger partial charge in [0.15, 0.2) is 0 Å². The molecule has 1 heterocycles. The Morgan fingerprint density at radius 3 is 2.75 bits per heavy atom. The number of rotatable bonds is 0. The standard InChI is InChI=1S/C14H20N2/c1-11-6-5-7-12-13(11)15-14(10-16(12)2)8-3-4-9-14/h5-7,15H,3-4,8-10H2,1-2H3. The maximum atomic E-state index is 3.83. The van der Waals surface area contributed by atoms with E-state index in [0.29, 0.717) is 5.54 Å². The highest BCUT2D eigenvalue weighted by Gasteiger charge is 2.38. The Morgan fingerprint density at radius 1 is 1.25 bits per heavy atom. The second-order valence-electron chi connectivity index (χ2n) is 5.44. The Labute approximate surface area is 97.6 Å². The van der Waals surface area contributed by atoms with Crippen molar-refractivity contribution in [1.29, 1.82) is 0 Å². The first-order chi connectivity index (χ1) is 7.70. The first-order valence-electron chi connectivity index (χ1n) is 6.29. The van der Waals surface area contributed by atoms with Gasteiger partial charge in [-0.05, 0) is 31.4 Å². The first-order valence-corrected chi connectivity index (χ1v) is 6.29. The molecule has 0 atom stereocenters. The summed E-state index contributed by atoms with van der Waals surface area (Å²) in [6, 6.07) is 6.57. The van der Waals surface area contributed by atoms with Gasteiger partial charge in [-0.3, -0.25) is 0 Å². The van der Waals surface area contributed by atoms with Crippen molar-refractivity contribution < 1.29 is 0 Å². The molecule has 0 radical (unpaired) electrons. The molecule has 1 fully saturated rings. The topological polar surface area (TPSA) is 15.3 Å². The number of hydrogen-bond acceptors (Lipinski definition) is 2. The van der Waals surface area contributed by atoms with Crippen molar-refractivity contribution in [2.45, 2.75) is 38.1 Å². The Hall–Kier alpha value is -1.18. The third-order valence-electron chi connectivity index (χ3n) is 4.15. The van der Waals surface area contributed by atoms with Crippen molar-refractivity contribution in [3.63, 3.8) is 0 Å². The number of para-hydroxylation sites is 1. The average Bonchev–Trinajstić information content (AvgIpc) is 2.68. The second kappa shape index (κ2) is 3.41. The van der Waals surface area contributed by atoms with Gasteiger partial charge in [-0.15, -0.1) is 0 Å². The van der Waals surface area contributed by atoms with Gasteiger partial charge in [0.05, 0.1) is 16.9 Å². The Morgan fingerprint density at radius 2 is 2.00 bits per heavy atom. The van der Waals surface area contributed by atoms with Crippen LogP contribution < -0.4 is 10.2 Å². The predicted octanol–water partition coefficient (Wildman–Crippen LogP) is 3.17. The molecule has 16 heavy (non-hydrogen) atoms. The van der Waals surface area contributed by atoms with E-state index in [1.54, 1.807) is 0 Å². The number of hydrogen-bond donors (Lipinski definition) is 1. The molecule has 1 aliphatic carbocycles. The van der Waals surface area contributed by atoms with Crippen LogP contribution in [-0.2, 0) is 0 Å². The Balaban J connectivity index is 2.04. The number of anilines is 2. The summed E-state index contributed by atoms with van der Waals surface area (Å²) >= 11 is 0. The SMILES string of the molecule is Cc1cccc2c1NC1(CCCC1)CN2C. The quantitative estimate of drug-likeness (QED) is 0.716. The van der Waals surface area contributed by atoms with Crippen LogP contribution in [0.5, 0.6) is 0 Å². The zero-order chi connectivity index (χ0) is 11.2. The zero-order valence-electron chi connectivity index (χ0n) is 10.2. The molecule has 1 spiro atoms. The monoisotopic (exact) mass is 216 g/mol. The van der Waals surface area contributed by atoms with Crippen LogP contribution in [0.15, 0.2) is 18.2 Å². The summed E-state index contributed by atoms with van der Waals surface area (Å²) in [5.74, 6) is 0. The van der Waals surface area contributed by atoms with Crippen LogP contribution in [0.25, 0.3) is 0 Å². The molecule has 1 saturated carbocycles. The maximum Gasteiger partial charge on any atom is 0.0612 e. The summed E-state index contributed by atoms with van der Waals surface area (Å²) in [5, 5.41) is 3.83. The summed E-state index contributed by atoms with van der Waals surface area (Å²) in [7, 11) is 2.22. The van der Waals surface area contributed by atoms with Crippen LogP contribution in [0.1, 0.15) is 31.2 Å². The number of nitrogens with zero attached hydrogens (tertiary/aromatic N) is 1. The van der Waals surface area contributed by atoms with Crippen molar-refractivity contribution >= 4 is 11.4 Å². The molecule has 0 amide bonds. The lowest BCUT2D eigenvalue weighted by Crippen LogP contribution is -2.49. The van der Waals surface area contributed by atoms with E-state index in [0.717, 1.165) is 6.54 Å². The molecule has 1 aliphatic heterocycles. The molecule has 0 saturated heterocycles. The van der Waals surface area contributed by atoms with Crippen molar-refractivity contribution in [3.8, 4) is 0 Å². The van der Waals surface area contributed by atoms with Gasteiger partial charge in [-0.25, -0.2) is 0 Å². The van der Waals surface area contributed by atoms with Crippen LogP contribution >= 0.6 is 0 Å². The second-order valence-corrected chi connectivity index (χ2v) is 5.44. The summed E-state index contributed by atoms with van der Waals surface area (Å²) in [4.78, 5) is 2.42. The fraction of sp³-hybridized carbons (Fsp3) is 0.571. The molecule has 86 valence electrons. The lowest BCUT2D eigenvalue weighted by atomic mass is 9.92. The Bertz CT molecular complexity index is 405. The van der Waals surface area contributed by atoms with Gasteiger partial charge in [0.25, 0.3) is 0 Å². The normalized spacial score (nSPS) is 22.0. The van der Waals surface area contributed by atoms with Crippen LogP contribution in [0.2, 0.25) is 0 Å². The van der Waals surface area contributed by atoms with E-state index < -0.39 is 0 Å². The highest BCUT2D eigenvalue weighted by Crippen LogP contribution is 2.42. The number of nitrogens with one attached hydrogen (secondary N) is 1. The van der Waals surface area contributed by atoms with E-state index in [1.807, 2.05) is 0 Å². The number of likely N-dealkylation sites (N-methyl/N-ethyl adjacent to an activating group) is 1. The van der Waals surface area contributed by atoms with Gasteiger partial charge in [-0.1, -0.05) is 25.0 Å². The minimum atomic E-state index is 0.355. The highest BCUT2D eigenvalue weighted by molar-refractivity contribution is 5.76. The van der Waals surface area contributed by atoms with Crippen molar-refractivity contribution in [3.05, 3.63) is 23.8 Å². The van der Waals surface area contributed by atoms with E-state index in [1.165, 1.54) is 42.6 Å². The van der Waals surface area contributed by atoms with Crippen LogP contribution in [0, 0.1) is 6.92 Å². The Kier molecular flexibility index (Phi) is 2.13. The van der Waals surface area contributed by atoms with Crippen molar-refractivity contribution in [1.82, 2.24) is 0 Å². The lowest BCUT2D eigenvalue weighted by Gasteiger charge is -2.43. The third kappa shape index (κ3) is 1.40. The molecule has 0 unspecified atom stereocenters. The maximum absolute atomic E-state index is 3.83. The highest BCUT2D eigenvalue weighted by atomic mass is 15.2. The predicted molar refractivity (Wildman–Crippen MR) is 69.3 cm³/mol. The zero-order valence-corrected chi connectivity index (χ0v) is 10.2. The van der Waals surface area contributed by atoms with Gasteiger partial charge in [0, 0.05) is 13.6 Å². The van der Waals surface area contributed by atoms with Crippen LogP contribution in [-0.4, -0.2) is 19.1 Å².